The molecule has 1 aromatic carbocycles. The third kappa shape index (κ3) is 11.4. The Hall–Kier alpha value is -4.72. The zero-order valence-corrected chi connectivity index (χ0v) is 26.8. The summed E-state index contributed by atoms with van der Waals surface area (Å²) in [6.45, 7) is 6.75. The number of amides is 3. The fourth-order valence-electron chi connectivity index (χ4n) is 4.02. The van der Waals surface area contributed by atoms with Gasteiger partial charge in [0, 0.05) is 11.6 Å². The summed E-state index contributed by atoms with van der Waals surface area (Å²) in [5, 5.41) is 23.6. The second-order valence-electron chi connectivity index (χ2n) is 12.1. The smallest absolute Gasteiger partial charge is 0.421 e. The molecule has 0 fully saturated rings. The van der Waals surface area contributed by atoms with Crippen LogP contribution >= 0.6 is 0 Å². The van der Waals surface area contributed by atoms with Crippen LogP contribution in [-0.4, -0.2) is 69.1 Å². The standard InChI is InChI=1S/C29H35F6N5O9/c1-26(2,3)49-25(44)37-27(4,5)12-9-13-47-23(32)28(22(30)31,48-15-16-10-7-6-8-11-16)24(43)39-38-21(42)19-18(40(45)46)14-17(20(41)36-19)29(33,34)35/h6-8,10-11,14,22-23H,9,12-13,15H2,1-5H3,(H,36,41)(H,37,44)(H,38,42)(H,39,43). The summed E-state index contributed by atoms with van der Waals surface area (Å²) in [5.41, 5.74) is -7.49. The highest BCUT2D eigenvalue weighted by Gasteiger charge is 2.57. The molecule has 0 aliphatic rings. The summed E-state index contributed by atoms with van der Waals surface area (Å²) in [7, 11) is 0. The van der Waals surface area contributed by atoms with Gasteiger partial charge in [0.05, 0.1) is 18.1 Å². The molecular formula is C29H35F6N5O9. The Kier molecular flexibility index (Phi) is 13.3. The molecule has 0 aliphatic heterocycles. The minimum Gasteiger partial charge on any atom is -0.493 e. The number of nitro groups is 1. The average molecular weight is 712 g/mol. The number of nitrogens with one attached hydrogen (secondary N) is 3. The lowest BCUT2D eigenvalue weighted by molar-refractivity contribution is -0.385. The van der Waals surface area contributed by atoms with E-state index in [1.165, 1.54) is 35.1 Å². The van der Waals surface area contributed by atoms with Crippen LogP contribution in [0, 0.1) is 10.1 Å². The van der Waals surface area contributed by atoms with Crippen molar-refractivity contribution in [2.75, 3.05) is 6.61 Å². The van der Waals surface area contributed by atoms with Crippen molar-refractivity contribution in [1.29, 1.82) is 0 Å². The number of alkyl halides is 6. The molecule has 272 valence electrons. The molecule has 49 heavy (non-hydrogen) atoms. The minimum atomic E-state index is -5.32. The average Bonchev–Trinajstić information content (AvgIpc) is 2.96. The number of pyridine rings is 1. The number of hydrazine groups is 1. The zero-order chi connectivity index (χ0) is 37.4. The van der Waals surface area contributed by atoms with Gasteiger partial charge in [0.15, 0.2) is 0 Å². The minimum absolute atomic E-state index is 0.0493. The number of ether oxygens (including phenoxy) is 3. The maximum atomic E-state index is 15.6. The van der Waals surface area contributed by atoms with Crippen LogP contribution in [0.25, 0.3) is 0 Å². The molecule has 0 saturated heterocycles. The van der Waals surface area contributed by atoms with E-state index in [9.17, 15) is 51.6 Å². The SMILES string of the molecule is CC(C)(CCCOC(F)C(OCc1ccccc1)(C(=O)NNC(=O)c1nc(O)c(C(F)(F)F)cc1[N+](=O)[O-])C(F)F)NC(=O)OC(C)(C)C. The highest BCUT2D eigenvalue weighted by Crippen LogP contribution is 2.37. The molecule has 2 unspecified atom stereocenters. The Balaban J connectivity index is 2.28. The molecule has 0 saturated carbocycles. The number of rotatable bonds is 14. The summed E-state index contributed by atoms with van der Waals surface area (Å²) in [6, 6.07) is 7.12. The third-order valence-electron chi connectivity index (χ3n) is 6.38. The third-order valence-corrected chi connectivity index (χ3v) is 6.38. The van der Waals surface area contributed by atoms with Crippen molar-refractivity contribution < 1.29 is 65.0 Å². The van der Waals surface area contributed by atoms with Crippen molar-refractivity contribution >= 4 is 23.6 Å². The van der Waals surface area contributed by atoms with Gasteiger partial charge < -0.3 is 24.6 Å². The van der Waals surface area contributed by atoms with Crippen LogP contribution in [0.1, 0.15) is 69.1 Å². The molecule has 4 N–H and O–H groups in total. The Labute approximate surface area is 275 Å². The lowest BCUT2D eigenvalue weighted by Gasteiger charge is -2.34. The van der Waals surface area contributed by atoms with Crippen molar-refractivity contribution in [2.45, 2.75) is 89.8 Å². The van der Waals surface area contributed by atoms with Gasteiger partial charge in [-0.1, -0.05) is 30.3 Å². The lowest BCUT2D eigenvalue weighted by atomic mass is 9.99. The Morgan fingerprint density at radius 3 is 2.16 bits per heavy atom. The van der Waals surface area contributed by atoms with Gasteiger partial charge in [0.25, 0.3) is 23.8 Å². The first-order chi connectivity index (χ1) is 22.5. The second kappa shape index (κ2) is 16.1. The molecule has 0 spiro atoms. The van der Waals surface area contributed by atoms with E-state index in [2.05, 4.69) is 10.3 Å². The summed E-state index contributed by atoms with van der Waals surface area (Å²) in [6.07, 6.45) is -13.2. The number of carbonyl (C=O) groups is 3. The maximum Gasteiger partial charge on any atom is 0.421 e. The number of aromatic nitrogens is 1. The largest absolute Gasteiger partial charge is 0.493 e. The molecule has 1 heterocycles. The van der Waals surface area contributed by atoms with Crippen molar-refractivity contribution in [1.82, 2.24) is 21.2 Å². The number of hydrogen-bond acceptors (Lipinski definition) is 10. The Morgan fingerprint density at radius 2 is 1.63 bits per heavy atom. The van der Waals surface area contributed by atoms with Gasteiger partial charge in [0.2, 0.25) is 17.9 Å². The Bertz CT molecular complexity index is 1490. The number of nitrogens with zero attached hydrogens (tertiary/aromatic N) is 2. The van der Waals surface area contributed by atoms with E-state index in [-0.39, 0.29) is 24.5 Å². The number of alkyl carbamates (subject to hydrolysis) is 1. The quantitative estimate of drug-likeness (QED) is 0.0889. The van der Waals surface area contributed by atoms with Crippen LogP contribution in [0.5, 0.6) is 5.88 Å². The monoisotopic (exact) mass is 711 g/mol. The zero-order valence-electron chi connectivity index (χ0n) is 26.8. The van der Waals surface area contributed by atoms with Crippen LogP contribution in [-0.2, 0) is 31.8 Å². The molecule has 0 aliphatic carbocycles. The summed E-state index contributed by atoms with van der Waals surface area (Å²) in [5.74, 6) is -5.75. The predicted octanol–water partition coefficient (Wildman–Crippen LogP) is 5.09. The normalized spacial score (nSPS) is 14.0. The molecule has 14 nitrogen and oxygen atoms in total. The number of hydrogen-bond donors (Lipinski definition) is 4. The van der Waals surface area contributed by atoms with Crippen molar-refractivity contribution in [3.63, 3.8) is 0 Å². The molecule has 3 amide bonds. The molecule has 0 bridgehead atoms. The van der Waals surface area contributed by atoms with E-state index in [0.717, 1.165) is 0 Å². The number of benzene rings is 1. The maximum absolute atomic E-state index is 15.6. The highest BCUT2D eigenvalue weighted by atomic mass is 19.4. The Morgan fingerprint density at radius 1 is 1.02 bits per heavy atom. The molecule has 2 atom stereocenters. The molecule has 2 rings (SSSR count). The summed E-state index contributed by atoms with van der Waals surface area (Å²) < 4.78 is 99.4. The van der Waals surface area contributed by atoms with E-state index in [1.54, 1.807) is 40.7 Å². The number of halogens is 6. The van der Waals surface area contributed by atoms with Crippen LogP contribution < -0.4 is 16.2 Å². The van der Waals surface area contributed by atoms with Gasteiger partial charge in [0.1, 0.15) is 11.2 Å². The van der Waals surface area contributed by atoms with Crippen LogP contribution in [0.4, 0.5) is 36.8 Å². The van der Waals surface area contributed by atoms with E-state index >= 15 is 4.39 Å². The van der Waals surface area contributed by atoms with E-state index in [4.69, 9.17) is 14.2 Å². The molecule has 1 aromatic heterocycles. The van der Waals surface area contributed by atoms with Gasteiger partial charge in [-0.2, -0.15) is 13.2 Å². The topological polar surface area (TPSA) is 191 Å². The van der Waals surface area contributed by atoms with Crippen molar-refractivity contribution in [3.05, 3.63) is 63.3 Å². The predicted molar refractivity (Wildman–Crippen MR) is 157 cm³/mol. The number of carbonyl (C=O) groups excluding carboxylic acids is 3. The van der Waals surface area contributed by atoms with Crippen molar-refractivity contribution in [3.8, 4) is 5.88 Å². The molecular weight excluding hydrogens is 676 g/mol. The van der Waals surface area contributed by atoms with Gasteiger partial charge in [-0.3, -0.25) is 30.6 Å². The van der Waals surface area contributed by atoms with E-state index < -0.39 is 94.6 Å². The van der Waals surface area contributed by atoms with Gasteiger partial charge in [-0.25, -0.2) is 22.9 Å². The molecule has 2 aromatic rings. The first kappa shape index (κ1) is 40.5. The fraction of sp³-hybridized carbons (Fsp3) is 0.517. The van der Waals surface area contributed by atoms with Gasteiger partial charge >= 0.3 is 18.0 Å². The van der Waals surface area contributed by atoms with E-state index in [0.29, 0.717) is 0 Å². The fourth-order valence-corrected chi connectivity index (χ4v) is 4.02. The molecule has 0 radical (unpaired) electrons. The van der Waals surface area contributed by atoms with Gasteiger partial charge in [-0.15, -0.1) is 0 Å². The van der Waals surface area contributed by atoms with E-state index in [1.807, 2.05) is 0 Å². The van der Waals surface area contributed by atoms with Gasteiger partial charge in [-0.05, 0) is 53.0 Å². The van der Waals surface area contributed by atoms with Crippen LogP contribution in [0.15, 0.2) is 36.4 Å². The van der Waals surface area contributed by atoms with Crippen LogP contribution in [0.3, 0.4) is 0 Å². The number of aromatic hydroxyl groups is 1. The lowest BCUT2D eigenvalue weighted by Crippen LogP contribution is -2.63. The van der Waals surface area contributed by atoms with Crippen LogP contribution in [0.2, 0.25) is 0 Å². The van der Waals surface area contributed by atoms with Crippen molar-refractivity contribution in [2.24, 2.45) is 0 Å². The second-order valence-corrected chi connectivity index (χ2v) is 12.1. The molecule has 20 heteroatoms. The highest BCUT2D eigenvalue weighted by molar-refractivity contribution is 5.98. The summed E-state index contributed by atoms with van der Waals surface area (Å²) in [4.78, 5) is 50.6. The first-order valence-electron chi connectivity index (χ1n) is 14.3. The summed E-state index contributed by atoms with van der Waals surface area (Å²) >= 11 is 0. The first-order valence-corrected chi connectivity index (χ1v) is 14.3.